The monoisotopic (exact) mass is 166 g/mol. The molecular weight excluding hydrogens is 148 g/mol. The number of hydrogen-bond donors (Lipinski definition) is 0. The van der Waals surface area contributed by atoms with Gasteiger partial charge in [-0.2, -0.15) is 0 Å². The van der Waals surface area contributed by atoms with Gasteiger partial charge < -0.3 is 0 Å². The van der Waals surface area contributed by atoms with Crippen LogP contribution in [0.4, 0.5) is 0 Å². The van der Waals surface area contributed by atoms with Crippen molar-refractivity contribution in [3.05, 3.63) is 23.8 Å². The molecule has 1 heterocycles. The van der Waals surface area contributed by atoms with Gasteiger partial charge >= 0.3 is 0 Å². The van der Waals surface area contributed by atoms with E-state index in [2.05, 4.69) is 23.8 Å². The second-order valence-corrected chi connectivity index (χ2v) is 2.71. The Bertz CT molecular complexity index is 219. The SMILES string of the molecule is CC.Cc1ccnc(C(C)C)n1. The summed E-state index contributed by atoms with van der Waals surface area (Å²) in [6.45, 7) is 10.2. The van der Waals surface area contributed by atoms with E-state index < -0.39 is 0 Å². The molecule has 2 nitrogen and oxygen atoms in total. The Morgan fingerprint density at radius 1 is 1.25 bits per heavy atom. The molecule has 0 aliphatic carbocycles. The molecule has 0 saturated heterocycles. The maximum Gasteiger partial charge on any atom is 0.131 e. The standard InChI is InChI=1S/C8H12N2.C2H6/c1-6(2)8-9-5-4-7(3)10-8;1-2/h4-6H,1-3H3;1-2H3. The molecule has 0 spiro atoms. The predicted octanol–water partition coefficient (Wildman–Crippen LogP) is 2.93. The third kappa shape index (κ3) is 3.46. The van der Waals surface area contributed by atoms with Crippen LogP contribution in [-0.4, -0.2) is 9.97 Å². The molecule has 0 amide bonds. The van der Waals surface area contributed by atoms with E-state index in [1.165, 1.54) is 0 Å². The Labute approximate surface area is 75.1 Å². The summed E-state index contributed by atoms with van der Waals surface area (Å²) in [5.41, 5.74) is 1.04. The zero-order chi connectivity index (χ0) is 9.56. The Hall–Kier alpha value is -0.920. The smallest absolute Gasteiger partial charge is 0.131 e. The molecule has 12 heavy (non-hydrogen) atoms. The number of rotatable bonds is 1. The van der Waals surface area contributed by atoms with E-state index in [-0.39, 0.29) is 0 Å². The van der Waals surface area contributed by atoms with Gasteiger partial charge in [0, 0.05) is 17.8 Å². The van der Waals surface area contributed by atoms with Crippen LogP contribution in [-0.2, 0) is 0 Å². The number of aromatic nitrogens is 2. The van der Waals surface area contributed by atoms with Crippen LogP contribution >= 0.6 is 0 Å². The molecule has 0 fully saturated rings. The van der Waals surface area contributed by atoms with Crippen molar-refractivity contribution >= 4 is 0 Å². The molecule has 1 aromatic heterocycles. The molecule has 0 aliphatic rings. The lowest BCUT2D eigenvalue weighted by Gasteiger charge is -2.01. The van der Waals surface area contributed by atoms with Crippen LogP contribution < -0.4 is 0 Å². The fourth-order valence-electron chi connectivity index (χ4n) is 0.746. The van der Waals surface area contributed by atoms with Crippen molar-refractivity contribution in [2.24, 2.45) is 0 Å². The van der Waals surface area contributed by atoms with Gasteiger partial charge in [0.15, 0.2) is 0 Å². The Morgan fingerprint density at radius 2 is 1.83 bits per heavy atom. The first-order chi connectivity index (χ1) is 5.70. The summed E-state index contributed by atoms with van der Waals surface area (Å²) < 4.78 is 0. The number of aryl methyl sites for hydroxylation is 1. The average Bonchev–Trinajstić information content (AvgIpc) is 2.08. The second-order valence-electron chi connectivity index (χ2n) is 2.71. The largest absolute Gasteiger partial charge is 0.241 e. The van der Waals surface area contributed by atoms with Gasteiger partial charge in [0.2, 0.25) is 0 Å². The van der Waals surface area contributed by atoms with Crippen molar-refractivity contribution in [3.8, 4) is 0 Å². The maximum absolute atomic E-state index is 4.26. The zero-order valence-corrected chi connectivity index (χ0v) is 8.63. The summed E-state index contributed by atoms with van der Waals surface area (Å²) in [6.07, 6.45) is 1.80. The van der Waals surface area contributed by atoms with E-state index in [1.54, 1.807) is 6.20 Å². The fraction of sp³-hybridized carbons (Fsp3) is 0.600. The van der Waals surface area contributed by atoms with Crippen LogP contribution in [0.1, 0.15) is 45.1 Å². The fourth-order valence-corrected chi connectivity index (χ4v) is 0.746. The van der Waals surface area contributed by atoms with Crippen LogP contribution in [0, 0.1) is 6.92 Å². The summed E-state index contributed by atoms with van der Waals surface area (Å²) in [5, 5.41) is 0. The summed E-state index contributed by atoms with van der Waals surface area (Å²) in [7, 11) is 0. The molecule has 1 rings (SSSR count). The summed E-state index contributed by atoms with van der Waals surface area (Å²) >= 11 is 0. The van der Waals surface area contributed by atoms with Crippen molar-refractivity contribution < 1.29 is 0 Å². The molecule has 0 unspecified atom stereocenters. The molecular formula is C10H18N2. The second kappa shape index (κ2) is 5.70. The first-order valence-corrected chi connectivity index (χ1v) is 4.49. The summed E-state index contributed by atoms with van der Waals surface area (Å²) in [4.78, 5) is 8.39. The topological polar surface area (TPSA) is 25.8 Å². The highest BCUT2D eigenvalue weighted by atomic mass is 14.9. The van der Waals surface area contributed by atoms with E-state index in [9.17, 15) is 0 Å². The highest BCUT2D eigenvalue weighted by Gasteiger charge is 1.99. The van der Waals surface area contributed by atoms with E-state index in [0.29, 0.717) is 5.92 Å². The summed E-state index contributed by atoms with van der Waals surface area (Å²) in [5.74, 6) is 1.36. The van der Waals surface area contributed by atoms with Crippen LogP contribution in [0.5, 0.6) is 0 Å². The Kier molecular flexibility index (Phi) is 5.26. The zero-order valence-electron chi connectivity index (χ0n) is 8.63. The molecule has 0 aromatic carbocycles. The number of nitrogens with zero attached hydrogens (tertiary/aromatic N) is 2. The lowest BCUT2D eigenvalue weighted by atomic mass is 10.2. The third-order valence-electron chi connectivity index (χ3n) is 1.33. The minimum atomic E-state index is 0.430. The van der Waals surface area contributed by atoms with Gasteiger partial charge in [0.1, 0.15) is 5.82 Å². The van der Waals surface area contributed by atoms with Crippen molar-refractivity contribution in [3.63, 3.8) is 0 Å². The predicted molar refractivity (Wildman–Crippen MR) is 52.2 cm³/mol. The minimum Gasteiger partial charge on any atom is -0.241 e. The van der Waals surface area contributed by atoms with Gasteiger partial charge in [-0.15, -0.1) is 0 Å². The third-order valence-corrected chi connectivity index (χ3v) is 1.33. The van der Waals surface area contributed by atoms with Gasteiger partial charge in [0.25, 0.3) is 0 Å². The normalized spacial score (nSPS) is 9.17. The summed E-state index contributed by atoms with van der Waals surface area (Å²) in [6, 6.07) is 1.91. The molecule has 0 N–H and O–H groups in total. The minimum absolute atomic E-state index is 0.430. The van der Waals surface area contributed by atoms with Crippen LogP contribution in [0.25, 0.3) is 0 Å². The van der Waals surface area contributed by atoms with Gasteiger partial charge in [-0.1, -0.05) is 27.7 Å². The van der Waals surface area contributed by atoms with Crippen molar-refractivity contribution in [1.29, 1.82) is 0 Å². The van der Waals surface area contributed by atoms with E-state index in [1.807, 2.05) is 26.8 Å². The Morgan fingerprint density at radius 3 is 2.17 bits per heavy atom. The molecule has 1 aromatic rings. The molecule has 2 heteroatoms. The quantitative estimate of drug-likeness (QED) is 0.641. The molecule has 68 valence electrons. The molecule has 0 radical (unpaired) electrons. The van der Waals surface area contributed by atoms with E-state index >= 15 is 0 Å². The highest BCUT2D eigenvalue weighted by molar-refractivity contribution is 5.01. The van der Waals surface area contributed by atoms with Crippen LogP contribution in [0.15, 0.2) is 12.3 Å². The first kappa shape index (κ1) is 11.1. The molecule has 0 saturated carbocycles. The molecule has 0 bridgehead atoms. The van der Waals surface area contributed by atoms with Crippen molar-refractivity contribution in [2.75, 3.05) is 0 Å². The Balaban J connectivity index is 0.000000561. The lowest BCUT2D eigenvalue weighted by molar-refractivity contribution is 0.766. The van der Waals surface area contributed by atoms with Crippen LogP contribution in [0.3, 0.4) is 0 Å². The lowest BCUT2D eigenvalue weighted by Crippen LogP contribution is -1.97. The van der Waals surface area contributed by atoms with Crippen molar-refractivity contribution in [2.45, 2.75) is 40.5 Å². The average molecular weight is 166 g/mol. The van der Waals surface area contributed by atoms with Gasteiger partial charge in [0.05, 0.1) is 0 Å². The van der Waals surface area contributed by atoms with Gasteiger partial charge in [-0.05, 0) is 13.0 Å². The molecule has 0 aliphatic heterocycles. The number of hydrogen-bond acceptors (Lipinski definition) is 2. The van der Waals surface area contributed by atoms with Gasteiger partial charge in [-0.3, -0.25) is 0 Å². The van der Waals surface area contributed by atoms with E-state index in [4.69, 9.17) is 0 Å². The van der Waals surface area contributed by atoms with Crippen molar-refractivity contribution in [1.82, 2.24) is 9.97 Å². The van der Waals surface area contributed by atoms with Gasteiger partial charge in [-0.25, -0.2) is 9.97 Å². The van der Waals surface area contributed by atoms with E-state index in [0.717, 1.165) is 11.5 Å². The molecule has 0 atom stereocenters. The first-order valence-electron chi connectivity index (χ1n) is 4.49. The highest BCUT2D eigenvalue weighted by Crippen LogP contribution is 2.06. The maximum atomic E-state index is 4.26. The van der Waals surface area contributed by atoms with Crippen LogP contribution in [0.2, 0.25) is 0 Å².